The molecule has 96 valence electrons. The van der Waals surface area contributed by atoms with Crippen LogP contribution in [0.3, 0.4) is 0 Å². The van der Waals surface area contributed by atoms with Crippen molar-refractivity contribution >= 4 is 34.5 Å². The molecule has 0 fully saturated rings. The molecule has 1 nitrogen and oxygen atoms in total. The highest BCUT2D eigenvalue weighted by Gasteiger charge is 2.16. The highest BCUT2D eigenvalue weighted by atomic mass is 35.5. The van der Waals surface area contributed by atoms with E-state index in [1.54, 1.807) is 11.3 Å². The van der Waals surface area contributed by atoms with Crippen molar-refractivity contribution in [3.05, 3.63) is 55.7 Å². The molecule has 18 heavy (non-hydrogen) atoms. The summed E-state index contributed by atoms with van der Waals surface area (Å²) in [7, 11) is 0. The summed E-state index contributed by atoms with van der Waals surface area (Å²) in [5.74, 6) is 0. The molecule has 1 N–H and O–H groups in total. The molecule has 0 spiro atoms. The molecule has 0 aliphatic carbocycles. The number of aryl methyl sites for hydroxylation is 1. The molecule has 0 saturated carbocycles. The van der Waals surface area contributed by atoms with Crippen LogP contribution < -0.4 is 5.32 Å². The van der Waals surface area contributed by atoms with Crippen molar-refractivity contribution in [2.75, 3.05) is 6.54 Å². The van der Waals surface area contributed by atoms with Gasteiger partial charge in [0, 0.05) is 9.90 Å². The van der Waals surface area contributed by atoms with E-state index in [0.29, 0.717) is 0 Å². The van der Waals surface area contributed by atoms with E-state index in [-0.39, 0.29) is 6.04 Å². The van der Waals surface area contributed by atoms with Crippen molar-refractivity contribution in [3.8, 4) is 0 Å². The Hall–Kier alpha value is -0.540. The summed E-state index contributed by atoms with van der Waals surface area (Å²) in [5, 5.41) is 4.24. The number of halogens is 2. The lowest BCUT2D eigenvalue weighted by Crippen LogP contribution is -2.20. The van der Waals surface area contributed by atoms with Gasteiger partial charge < -0.3 is 5.32 Å². The van der Waals surface area contributed by atoms with E-state index in [0.717, 1.165) is 21.5 Å². The topological polar surface area (TPSA) is 12.0 Å². The number of benzene rings is 1. The second-order valence-corrected chi connectivity index (χ2v) is 6.27. The lowest BCUT2D eigenvalue weighted by Gasteiger charge is -2.16. The molecule has 1 heterocycles. The molecule has 0 saturated heterocycles. The van der Waals surface area contributed by atoms with E-state index in [2.05, 4.69) is 30.4 Å². The van der Waals surface area contributed by atoms with Gasteiger partial charge in [-0.1, -0.05) is 42.3 Å². The summed E-state index contributed by atoms with van der Waals surface area (Å²) in [5.41, 5.74) is 2.34. The maximum absolute atomic E-state index is 6.16. The van der Waals surface area contributed by atoms with Gasteiger partial charge in [-0.2, -0.15) is 0 Å². The van der Waals surface area contributed by atoms with Crippen molar-refractivity contribution in [3.63, 3.8) is 0 Å². The third-order valence-corrected chi connectivity index (χ3v) is 4.64. The standard InChI is InChI=1S/C14H15Cl2NS/c1-3-17-13(10-4-6-11(15)7-5-10)12-8-9(2)14(16)18-12/h4-8,13,17H,3H2,1-2H3. The van der Waals surface area contributed by atoms with Gasteiger partial charge in [0.1, 0.15) is 0 Å². The normalized spacial score (nSPS) is 12.7. The summed E-state index contributed by atoms with van der Waals surface area (Å²) < 4.78 is 0.863. The van der Waals surface area contributed by atoms with Gasteiger partial charge in [0.2, 0.25) is 0 Å². The van der Waals surface area contributed by atoms with Crippen LogP contribution in [-0.4, -0.2) is 6.54 Å². The van der Waals surface area contributed by atoms with Crippen LogP contribution in [0.25, 0.3) is 0 Å². The Morgan fingerprint density at radius 3 is 2.39 bits per heavy atom. The van der Waals surface area contributed by atoms with E-state index in [4.69, 9.17) is 23.2 Å². The lowest BCUT2D eigenvalue weighted by molar-refractivity contribution is 0.639. The average Bonchev–Trinajstić information content (AvgIpc) is 2.68. The summed E-state index contributed by atoms with van der Waals surface area (Å²) in [4.78, 5) is 1.24. The Labute approximate surface area is 122 Å². The minimum Gasteiger partial charge on any atom is -0.306 e. The van der Waals surface area contributed by atoms with Gasteiger partial charge in [0.05, 0.1) is 10.4 Å². The molecule has 1 unspecified atom stereocenters. The molecule has 0 bridgehead atoms. The molecular weight excluding hydrogens is 285 g/mol. The van der Waals surface area contributed by atoms with Gasteiger partial charge >= 0.3 is 0 Å². The molecule has 2 rings (SSSR count). The molecule has 1 aromatic heterocycles. The number of nitrogens with one attached hydrogen (secondary N) is 1. The van der Waals surface area contributed by atoms with E-state index in [9.17, 15) is 0 Å². The monoisotopic (exact) mass is 299 g/mol. The van der Waals surface area contributed by atoms with Crippen LogP contribution in [0.15, 0.2) is 30.3 Å². The molecule has 0 aliphatic heterocycles. The summed E-state index contributed by atoms with van der Waals surface area (Å²) in [6.07, 6.45) is 0. The van der Waals surface area contributed by atoms with Gasteiger partial charge in [-0.3, -0.25) is 0 Å². The first-order valence-corrected chi connectivity index (χ1v) is 7.43. The zero-order valence-electron chi connectivity index (χ0n) is 10.3. The Balaban J connectivity index is 2.36. The average molecular weight is 300 g/mol. The first-order valence-electron chi connectivity index (χ1n) is 5.86. The fraction of sp³-hybridized carbons (Fsp3) is 0.286. The predicted molar refractivity (Wildman–Crippen MR) is 81.0 cm³/mol. The smallest absolute Gasteiger partial charge is 0.0961 e. The molecule has 0 amide bonds. The van der Waals surface area contributed by atoms with Crippen LogP contribution in [0.5, 0.6) is 0 Å². The number of hydrogen-bond acceptors (Lipinski definition) is 2. The fourth-order valence-corrected chi connectivity index (χ4v) is 3.32. The first kappa shape index (κ1) is 13.9. The zero-order valence-corrected chi connectivity index (χ0v) is 12.7. The number of rotatable bonds is 4. The van der Waals surface area contributed by atoms with Crippen molar-refractivity contribution < 1.29 is 0 Å². The third-order valence-electron chi connectivity index (χ3n) is 2.77. The third kappa shape index (κ3) is 3.07. The van der Waals surface area contributed by atoms with E-state index in [1.807, 2.05) is 19.1 Å². The minimum absolute atomic E-state index is 0.184. The highest BCUT2D eigenvalue weighted by molar-refractivity contribution is 7.16. The van der Waals surface area contributed by atoms with Crippen molar-refractivity contribution in [2.24, 2.45) is 0 Å². The van der Waals surface area contributed by atoms with Crippen LogP contribution >= 0.6 is 34.5 Å². The quantitative estimate of drug-likeness (QED) is 0.832. The maximum atomic E-state index is 6.16. The number of thiophene rings is 1. The van der Waals surface area contributed by atoms with Gasteiger partial charge in [-0.25, -0.2) is 0 Å². The van der Waals surface area contributed by atoms with Crippen molar-refractivity contribution in [1.82, 2.24) is 5.32 Å². The second kappa shape index (κ2) is 6.07. The molecule has 2 aromatic rings. The fourth-order valence-electron chi connectivity index (χ4n) is 1.87. The van der Waals surface area contributed by atoms with Crippen LogP contribution in [-0.2, 0) is 0 Å². The predicted octanol–water partition coefficient (Wildman–Crippen LogP) is 5.06. The Kier molecular flexibility index (Phi) is 4.68. The van der Waals surface area contributed by atoms with Crippen molar-refractivity contribution in [2.45, 2.75) is 19.9 Å². The summed E-state index contributed by atoms with van der Waals surface area (Å²) in [6, 6.07) is 10.3. The Bertz CT molecular complexity index is 500. The summed E-state index contributed by atoms with van der Waals surface area (Å²) >= 11 is 13.7. The van der Waals surface area contributed by atoms with Gasteiger partial charge in [0.25, 0.3) is 0 Å². The second-order valence-electron chi connectivity index (χ2n) is 4.15. The maximum Gasteiger partial charge on any atom is 0.0961 e. The van der Waals surface area contributed by atoms with E-state index in [1.165, 1.54) is 10.4 Å². The Morgan fingerprint density at radius 2 is 1.89 bits per heavy atom. The Morgan fingerprint density at radius 1 is 1.22 bits per heavy atom. The van der Waals surface area contributed by atoms with Crippen LogP contribution in [0.1, 0.15) is 29.0 Å². The SMILES string of the molecule is CCNC(c1ccc(Cl)cc1)c1cc(C)c(Cl)s1. The van der Waals surface area contributed by atoms with Gasteiger partial charge in [-0.15, -0.1) is 11.3 Å². The van der Waals surface area contributed by atoms with Crippen LogP contribution in [0.4, 0.5) is 0 Å². The van der Waals surface area contributed by atoms with E-state index >= 15 is 0 Å². The molecule has 0 radical (unpaired) electrons. The van der Waals surface area contributed by atoms with Crippen molar-refractivity contribution in [1.29, 1.82) is 0 Å². The summed E-state index contributed by atoms with van der Waals surface area (Å²) in [6.45, 7) is 5.04. The minimum atomic E-state index is 0.184. The molecular formula is C14H15Cl2NS. The molecule has 4 heteroatoms. The lowest BCUT2D eigenvalue weighted by atomic mass is 10.1. The van der Waals surface area contributed by atoms with Gasteiger partial charge in [0.15, 0.2) is 0 Å². The molecule has 1 aromatic carbocycles. The van der Waals surface area contributed by atoms with Crippen LogP contribution in [0, 0.1) is 6.92 Å². The zero-order chi connectivity index (χ0) is 13.1. The van der Waals surface area contributed by atoms with E-state index < -0.39 is 0 Å². The molecule has 1 atom stereocenters. The van der Waals surface area contributed by atoms with Crippen LogP contribution in [0.2, 0.25) is 9.36 Å². The number of hydrogen-bond donors (Lipinski definition) is 1. The largest absolute Gasteiger partial charge is 0.306 e. The first-order chi connectivity index (χ1) is 8.61. The molecule has 0 aliphatic rings. The van der Waals surface area contributed by atoms with Gasteiger partial charge in [-0.05, 0) is 42.8 Å². The highest BCUT2D eigenvalue weighted by Crippen LogP contribution is 2.34.